The second-order valence-corrected chi connectivity index (χ2v) is 8.23. The van der Waals surface area contributed by atoms with Gasteiger partial charge in [0, 0.05) is 0 Å². The Hall–Kier alpha value is -2.98. The fourth-order valence-electron chi connectivity index (χ4n) is 2.79. The molecule has 4 nitrogen and oxygen atoms in total. The molecule has 172 valence electrons. The third-order valence-corrected chi connectivity index (χ3v) is 4.89. The van der Waals surface area contributed by atoms with E-state index in [9.17, 15) is 0 Å². The van der Waals surface area contributed by atoms with Gasteiger partial charge in [0.1, 0.15) is 36.1 Å². The third-order valence-electron chi connectivity index (χ3n) is 4.89. The van der Waals surface area contributed by atoms with E-state index < -0.39 is 0 Å². The van der Waals surface area contributed by atoms with Gasteiger partial charge in [-0.2, -0.15) is 0 Å². The molecule has 4 heteroatoms. The van der Waals surface area contributed by atoms with Gasteiger partial charge in [0.05, 0.1) is 6.61 Å². The lowest BCUT2D eigenvalue weighted by molar-refractivity contribution is 0.0801. The minimum atomic E-state index is -0.109. The maximum Gasteiger partial charge on any atom is 0.135 e. The molecule has 0 amide bonds. The summed E-state index contributed by atoms with van der Waals surface area (Å²) in [5.41, 5.74) is 0. The fraction of sp³-hybridized carbons (Fsp3) is 0.357. The Bertz CT molecular complexity index is 835. The van der Waals surface area contributed by atoms with Crippen LogP contribution >= 0.6 is 0 Å². The Balaban J connectivity index is 0.000000244. The third kappa shape index (κ3) is 9.44. The van der Waals surface area contributed by atoms with Crippen molar-refractivity contribution < 1.29 is 19.3 Å². The number of hydrogen-bond donors (Lipinski definition) is 1. The molecule has 0 aliphatic heterocycles. The number of benzene rings is 3. The minimum Gasteiger partial charge on any atom is -0.490 e. The van der Waals surface area contributed by atoms with E-state index in [0.29, 0.717) is 18.4 Å². The largest absolute Gasteiger partial charge is 0.490 e. The van der Waals surface area contributed by atoms with Gasteiger partial charge in [0.15, 0.2) is 0 Å². The van der Waals surface area contributed by atoms with Gasteiger partial charge in [-0.15, -0.1) is 0 Å². The van der Waals surface area contributed by atoms with Crippen LogP contribution in [0.25, 0.3) is 0 Å². The van der Waals surface area contributed by atoms with Crippen molar-refractivity contribution in [3.8, 4) is 17.2 Å². The first-order chi connectivity index (χ1) is 15.5. The molecule has 3 rings (SSSR count). The van der Waals surface area contributed by atoms with E-state index in [1.54, 1.807) is 0 Å². The highest BCUT2D eigenvalue weighted by Crippen LogP contribution is 2.17. The van der Waals surface area contributed by atoms with Crippen molar-refractivity contribution >= 4 is 0 Å². The molecule has 0 aromatic heterocycles. The molecular weight excluding hydrogens is 400 g/mol. The van der Waals surface area contributed by atoms with Gasteiger partial charge in [-0.3, -0.25) is 0 Å². The summed E-state index contributed by atoms with van der Waals surface area (Å²) in [5.74, 6) is 3.30. The van der Waals surface area contributed by atoms with Gasteiger partial charge in [0.2, 0.25) is 0 Å². The first-order valence-corrected chi connectivity index (χ1v) is 11.2. The quantitative estimate of drug-likeness (QED) is 0.408. The zero-order chi connectivity index (χ0) is 23.2. The molecule has 3 aromatic carbocycles. The van der Waals surface area contributed by atoms with Crippen molar-refractivity contribution in [2.24, 2.45) is 11.8 Å². The van der Waals surface area contributed by atoms with Gasteiger partial charge in [-0.05, 0) is 48.2 Å². The molecule has 0 bridgehead atoms. The topological polar surface area (TPSA) is 47.9 Å². The van der Waals surface area contributed by atoms with Crippen molar-refractivity contribution in [2.45, 2.75) is 39.9 Å². The van der Waals surface area contributed by atoms with E-state index >= 15 is 0 Å². The van der Waals surface area contributed by atoms with Crippen molar-refractivity contribution in [1.29, 1.82) is 0 Å². The summed E-state index contributed by atoms with van der Waals surface area (Å²) < 4.78 is 17.3. The Labute approximate surface area is 192 Å². The molecule has 0 saturated carbocycles. The van der Waals surface area contributed by atoms with Crippen molar-refractivity contribution in [3.05, 3.63) is 91.0 Å². The molecule has 0 spiro atoms. The SMILES string of the molecule is CC(C)[C@@H](CO)Oc1ccccc1.CC(C)[C@@H](COc1ccccc1)Oc1ccccc1. The van der Waals surface area contributed by atoms with Gasteiger partial charge >= 0.3 is 0 Å². The van der Waals surface area contributed by atoms with Crippen LogP contribution in [0.5, 0.6) is 17.2 Å². The van der Waals surface area contributed by atoms with E-state index in [2.05, 4.69) is 13.8 Å². The Morgan fingerprint density at radius 3 is 1.31 bits per heavy atom. The van der Waals surface area contributed by atoms with E-state index in [0.717, 1.165) is 17.2 Å². The van der Waals surface area contributed by atoms with Crippen LogP contribution in [0.2, 0.25) is 0 Å². The number of ether oxygens (including phenoxy) is 3. The number of aliphatic hydroxyl groups excluding tert-OH is 1. The van der Waals surface area contributed by atoms with Crippen LogP contribution in [0.3, 0.4) is 0 Å². The monoisotopic (exact) mass is 436 g/mol. The highest BCUT2D eigenvalue weighted by atomic mass is 16.5. The normalized spacial score (nSPS) is 12.5. The molecule has 0 fully saturated rings. The summed E-state index contributed by atoms with van der Waals surface area (Å²) in [5, 5.41) is 9.03. The number of hydrogen-bond acceptors (Lipinski definition) is 4. The van der Waals surface area contributed by atoms with Crippen LogP contribution in [-0.2, 0) is 0 Å². The molecule has 0 aliphatic rings. The predicted molar refractivity (Wildman–Crippen MR) is 130 cm³/mol. The van der Waals surface area contributed by atoms with E-state index in [4.69, 9.17) is 19.3 Å². The van der Waals surface area contributed by atoms with Crippen LogP contribution in [0, 0.1) is 11.8 Å². The van der Waals surface area contributed by atoms with Gasteiger partial charge in [0.25, 0.3) is 0 Å². The van der Waals surface area contributed by atoms with Gasteiger partial charge in [-0.25, -0.2) is 0 Å². The first-order valence-electron chi connectivity index (χ1n) is 11.2. The maximum atomic E-state index is 9.03. The zero-order valence-electron chi connectivity index (χ0n) is 19.6. The van der Waals surface area contributed by atoms with Crippen LogP contribution in [0.4, 0.5) is 0 Å². The Morgan fingerprint density at radius 2 is 0.938 bits per heavy atom. The first kappa shape index (κ1) is 25.3. The van der Waals surface area contributed by atoms with Gasteiger partial charge in [-0.1, -0.05) is 82.3 Å². The van der Waals surface area contributed by atoms with Gasteiger partial charge < -0.3 is 19.3 Å². The van der Waals surface area contributed by atoms with Crippen molar-refractivity contribution in [1.82, 2.24) is 0 Å². The summed E-state index contributed by atoms with van der Waals surface area (Å²) in [6, 6.07) is 29.3. The summed E-state index contributed by atoms with van der Waals surface area (Å²) in [7, 11) is 0. The second kappa shape index (κ2) is 14.2. The average Bonchev–Trinajstić information content (AvgIpc) is 2.82. The minimum absolute atomic E-state index is 0.0441. The molecule has 1 N–H and O–H groups in total. The molecule has 0 saturated heterocycles. The lowest BCUT2D eigenvalue weighted by atomic mass is 10.1. The molecular formula is C28H36O4. The molecule has 3 aromatic rings. The molecule has 2 atom stereocenters. The molecule has 0 aliphatic carbocycles. The summed E-state index contributed by atoms with van der Waals surface area (Å²) in [6.45, 7) is 8.96. The maximum absolute atomic E-state index is 9.03. The fourth-order valence-corrected chi connectivity index (χ4v) is 2.79. The van der Waals surface area contributed by atoms with Crippen LogP contribution in [0.1, 0.15) is 27.7 Å². The number of aliphatic hydroxyl groups is 1. The average molecular weight is 437 g/mol. The van der Waals surface area contributed by atoms with E-state index in [1.807, 2.05) is 105 Å². The lowest BCUT2D eigenvalue weighted by Gasteiger charge is -2.22. The lowest BCUT2D eigenvalue weighted by Crippen LogP contribution is -2.30. The summed E-state index contributed by atoms with van der Waals surface area (Å²) in [4.78, 5) is 0. The summed E-state index contributed by atoms with van der Waals surface area (Å²) >= 11 is 0. The van der Waals surface area contributed by atoms with Crippen LogP contribution in [0.15, 0.2) is 91.0 Å². The van der Waals surface area contributed by atoms with E-state index in [1.165, 1.54) is 0 Å². The molecule has 32 heavy (non-hydrogen) atoms. The Morgan fingerprint density at radius 1 is 0.562 bits per heavy atom. The van der Waals surface area contributed by atoms with Crippen LogP contribution in [-0.4, -0.2) is 30.5 Å². The predicted octanol–water partition coefficient (Wildman–Crippen LogP) is 6.25. The number of para-hydroxylation sites is 3. The molecule has 0 radical (unpaired) electrons. The Kier molecular flexibility index (Phi) is 11.2. The highest BCUT2D eigenvalue weighted by Gasteiger charge is 2.16. The smallest absolute Gasteiger partial charge is 0.135 e. The van der Waals surface area contributed by atoms with Crippen LogP contribution < -0.4 is 14.2 Å². The van der Waals surface area contributed by atoms with Crippen molar-refractivity contribution in [3.63, 3.8) is 0 Å². The standard InChI is InChI=1S/C17H20O2.C11H16O2/c1-14(2)17(19-16-11-7-4-8-12-16)13-18-15-9-5-3-6-10-15;1-9(2)11(8-12)13-10-6-4-3-5-7-10/h3-12,14,17H,13H2,1-2H3;3-7,9,11-12H,8H2,1-2H3/t17-;11-/m11/s1. The number of rotatable bonds is 10. The zero-order valence-corrected chi connectivity index (χ0v) is 19.6. The van der Waals surface area contributed by atoms with Crippen molar-refractivity contribution in [2.75, 3.05) is 13.2 Å². The highest BCUT2D eigenvalue weighted by molar-refractivity contribution is 5.23. The molecule has 0 unspecified atom stereocenters. The molecule has 0 heterocycles. The van der Waals surface area contributed by atoms with E-state index in [-0.39, 0.29) is 18.8 Å². The summed E-state index contributed by atoms with van der Waals surface area (Å²) in [6.07, 6.45) is -0.0648. The second-order valence-electron chi connectivity index (χ2n) is 8.23.